The Morgan fingerprint density at radius 3 is 2.52 bits per heavy atom. The van der Waals surface area contributed by atoms with Crippen molar-refractivity contribution in [2.45, 2.75) is 109 Å². The summed E-state index contributed by atoms with van der Waals surface area (Å²) >= 11 is 3.59. The summed E-state index contributed by atoms with van der Waals surface area (Å²) in [5.41, 5.74) is 11.6. The van der Waals surface area contributed by atoms with Gasteiger partial charge in [0.05, 0.1) is 41.5 Å². The Kier molecular flexibility index (Phi) is 12.2. The molecule has 1 fully saturated rings. The molecule has 0 saturated heterocycles. The highest BCUT2D eigenvalue weighted by molar-refractivity contribution is 9.10. The molecule has 3 aliphatic rings. The summed E-state index contributed by atoms with van der Waals surface area (Å²) < 4.78 is 14.3. The smallest absolute Gasteiger partial charge is 0.355 e. The number of esters is 2. The molecule has 1 aliphatic carbocycles. The number of nitrogens with two attached hydrogens (primary N) is 2. The van der Waals surface area contributed by atoms with E-state index in [2.05, 4.69) is 31.9 Å². The zero-order chi connectivity index (χ0) is 40.4. The van der Waals surface area contributed by atoms with Gasteiger partial charge in [0, 0.05) is 34.1 Å². The minimum absolute atomic E-state index is 0.0205. The van der Waals surface area contributed by atoms with Crippen LogP contribution in [-0.4, -0.2) is 64.5 Å². The molecule has 3 atom stereocenters. The van der Waals surface area contributed by atoms with Crippen LogP contribution in [0.3, 0.4) is 0 Å². The van der Waals surface area contributed by atoms with Gasteiger partial charge in [-0.15, -0.1) is 0 Å². The molecular formula is C40H50BrN7O8. The number of amides is 4. The first kappa shape index (κ1) is 40.8. The fraction of sp³-hybridized carbons (Fsp3) is 0.525. The zero-order valence-electron chi connectivity index (χ0n) is 32.0. The molecule has 4 heterocycles. The van der Waals surface area contributed by atoms with Crippen molar-refractivity contribution >= 4 is 56.6 Å². The highest BCUT2D eigenvalue weighted by Gasteiger charge is 2.51. The number of cyclic esters (lactones) is 1. The molecule has 1 saturated carbocycles. The van der Waals surface area contributed by atoms with E-state index in [9.17, 15) is 28.8 Å². The van der Waals surface area contributed by atoms with Gasteiger partial charge in [0.25, 0.3) is 5.56 Å². The number of primary amides is 1. The van der Waals surface area contributed by atoms with Crippen LogP contribution in [-0.2, 0) is 47.4 Å². The molecule has 4 amide bonds. The summed E-state index contributed by atoms with van der Waals surface area (Å²) in [5.74, 6) is -2.51. The second kappa shape index (κ2) is 16.7. The summed E-state index contributed by atoms with van der Waals surface area (Å²) in [6.45, 7) is 5.68. The highest BCUT2D eigenvalue weighted by atomic mass is 79.9. The van der Waals surface area contributed by atoms with E-state index < -0.39 is 52.9 Å². The molecule has 0 spiro atoms. The zero-order valence-corrected chi connectivity index (χ0v) is 33.6. The molecule has 3 aromatic rings. The molecule has 300 valence electrons. The van der Waals surface area contributed by atoms with E-state index in [1.165, 1.54) is 0 Å². The Morgan fingerprint density at radius 2 is 1.82 bits per heavy atom. The molecular weight excluding hydrogens is 786 g/mol. The molecule has 2 aromatic heterocycles. The van der Waals surface area contributed by atoms with Crippen LogP contribution < -0.4 is 33.0 Å². The van der Waals surface area contributed by atoms with Crippen molar-refractivity contribution in [2.75, 3.05) is 13.1 Å². The van der Waals surface area contributed by atoms with E-state index in [1.807, 2.05) is 24.3 Å². The Labute approximate surface area is 333 Å². The standard InChI is InChI=1S/C40H50BrN7O8/c1-4-40(26-17-30-33-23(16-24-27(41)10-8-11-28(24)46-33)19-48(30)36(52)25(26)20-55-37(40)53)56-31(49)18-39(13-6-5-7-14-39)21-45-34(50)29(12-9-15-44-38(43)54)47-35(51)32(42)22(2)3/h8,10-11,16-17,22,29,32H,4-7,9,12-15,18-21,42H2,1-3H3,(H,45,50)(H,47,51)(H3,43,44,54). The number of halogens is 1. The van der Waals surface area contributed by atoms with Crippen LogP contribution in [0, 0.1) is 11.3 Å². The van der Waals surface area contributed by atoms with E-state index in [1.54, 1.807) is 31.4 Å². The number of urea groups is 1. The Hall–Kier alpha value is -4.83. The number of aromatic nitrogens is 2. The average Bonchev–Trinajstić information content (AvgIpc) is 3.53. The van der Waals surface area contributed by atoms with Gasteiger partial charge in [-0.25, -0.2) is 14.6 Å². The van der Waals surface area contributed by atoms with Gasteiger partial charge >= 0.3 is 18.0 Å². The minimum Gasteiger partial charge on any atom is -0.457 e. The number of pyridine rings is 2. The fourth-order valence-electron chi connectivity index (χ4n) is 8.13. The van der Waals surface area contributed by atoms with Gasteiger partial charge in [-0.1, -0.05) is 62.0 Å². The SMILES string of the molecule is CCC1(OC(=O)CC2(CNC(=O)C(CCCNC(N)=O)NC(=O)C(N)C(C)C)CCCCC2)C(=O)OCc2c1cc1n(c2=O)Cc2cc3c(Br)cccc3nc2-1. The lowest BCUT2D eigenvalue weighted by atomic mass is 9.71. The van der Waals surface area contributed by atoms with Crippen LogP contribution >= 0.6 is 15.9 Å². The molecule has 56 heavy (non-hydrogen) atoms. The third kappa shape index (κ3) is 8.17. The van der Waals surface area contributed by atoms with Crippen LogP contribution in [0.15, 0.2) is 39.6 Å². The molecule has 1 aromatic carbocycles. The van der Waals surface area contributed by atoms with Gasteiger partial charge in [-0.3, -0.25) is 19.2 Å². The maximum absolute atomic E-state index is 14.1. The van der Waals surface area contributed by atoms with Crippen LogP contribution in [0.25, 0.3) is 22.3 Å². The van der Waals surface area contributed by atoms with Gasteiger partial charge in [-0.05, 0) is 67.7 Å². The van der Waals surface area contributed by atoms with Crippen molar-refractivity contribution in [1.29, 1.82) is 0 Å². The third-order valence-electron chi connectivity index (χ3n) is 11.4. The number of benzene rings is 1. The number of nitrogens with one attached hydrogen (secondary N) is 3. The van der Waals surface area contributed by atoms with Crippen molar-refractivity contribution in [1.82, 2.24) is 25.5 Å². The number of carbonyl (C=O) groups is 5. The lowest BCUT2D eigenvalue weighted by Gasteiger charge is -2.39. The van der Waals surface area contributed by atoms with E-state index in [-0.39, 0.29) is 56.0 Å². The lowest BCUT2D eigenvalue weighted by molar-refractivity contribution is -0.191. The third-order valence-corrected chi connectivity index (χ3v) is 12.1. The number of carbonyl (C=O) groups excluding carboxylic acids is 5. The van der Waals surface area contributed by atoms with Gasteiger partial charge in [0.1, 0.15) is 12.6 Å². The topological polar surface area (TPSA) is 227 Å². The van der Waals surface area contributed by atoms with Crippen molar-refractivity contribution in [3.8, 4) is 11.4 Å². The lowest BCUT2D eigenvalue weighted by Crippen LogP contribution is -2.54. The minimum atomic E-state index is -1.87. The molecule has 16 heteroatoms. The fourth-order valence-corrected chi connectivity index (χ4v) is 8.60. The molecule has 0 radical (unpaired) electrons. The number of hydrogen-bond acceptors (Lipinski definition) is 10. The van der Waals surface area contributed by atoms with E-state index >= 15 is 0 Å². The number of ether oxygens (including phenoxy) is 2. The normalized spacial score (nSPS) is 19.2. The van der Waals surface area contributed by atoms with Crippen LogP contribution in [0.1, 0.15) is 95.2 Å². The van der Waals surface area contributed by atoms with Crippen molar-refractivity contribution in [3.63, 3.8) is 0 Å². The summed E-state index contributed by atoms with van der Waals surface area (Å²) in [7, 11) is 0. The Balaban J connectivity index is 1.24. The van der Waals surface area contributed by atoms with Crippen molar-refractivity contribution < 1.29 is 33.4 Å². The molecule has 2 aliphatic heterocycles. The van der Waals surface area contributed by atoms with Gasteiger partial charge in [0.2, 0.25) is 17.4 Å². The van der Waals surface area contributed by atoms with Crippen molar-refractivity contribution in [3.05, 3.63) is 61.8 Å². The van der Waals surface area contributed by atoms with E-state index in [0.717, 1.165) is 40.2 Å². The van der Waals surface area contributed by atoms with Crippen molar-refractivity contribution in [2.24, 2.45) is 22.8 Å². The molecule has 7 N–H and O–H groups in total. The second-order valence-corrected chi connectivity index (χ2v) is 16.4. The predicted octanol–water partition coefficient (Wildman–Crippen LogP) is 3.77. The van der Waals surface area contributed by atoms with E-state index in [0.29, 0.717) is 42.8 Å². The maximum Gasteiger partial charge on any atom is 0.355 e. The average molecular weight is 837 g/mol. The summed E-state index contributed by atoms with van der Waals surface area (Å²) in [4.78, 5) is 84.6. The predicted molar refractivity (Wildman–Crippen MR) is 211 cm³/mol. The molecule has 3 unspecified atom stereocenters. The quantitative estimate of drug-likeness (QED) is 0.0913. The number of fused-ring (bicyclic) bond motifs is 5. The molecule has 15 nitrogen and oxygen atoms in total. The maximum atomic E-state index is 14.1. The molecule has 6 rings (SSSR count). The summed E-state index contributed by atoms with van der Waals surface area (Å²) in [6.07, 6.45) is 4.29. The first-order chi connectivity index (χ1) is 26.7. The summed E-state index contributed by atoms with van der Waals surface area (Å²) in [5, 5.41) is 9.12. The van der Waals surface area contributed by atoms with Crippen LogP contribution in [0.2, 0.25) is 0 Å². The largest absolute Gasteiger partial charge is 0.457 e. The van der Waals surface area contributed by atoms with Crippen LogP contribution in [0.4, 0.5) is 4.79 Å². The first-order valence-corrected chi connectivity index (χ1v) is 20.1. The Bertz CT molecular complexity index is 2110. The van der Waals surface area contributed by atoms with Gasteiger partial charge in [-0.2, -0.15) is 0 Å². The number of rotatable bonds is 14. The van der Waals surface area contributed by atoms with E-state index in [4.69, 9.17) is 25.9 Å². The first-order valence-electron chi connectivity index (χ1n) is 19.3. The van der Waals surface area contributed by atoms with Crippen LogP contribution in [0.5, 0.6) is 0 Å². The highest BCUT2D eigenvalue weighted by Crippen LogP contribution is 2.44. The monoisotopic (exact) mass is 835 g/mol. The van der Waals surface area contributed by atoms with Gasteiger partial charge in [0.15, 0.2) is 0 Å². The number of hydrogen-bond donors (Lipinski definition) is 5. The number of nitrogens with zero attached hydrogens (tertiary/aromatic N) is 2. The van der Waals surface area contributed by atoms with Gasteiger partial charge < -0.3 is 41.5 Å². The summed E-state index contributed by atoms with van der Waals surface area (Å²) in [6, 6.07) is 6.97. The second-order valence-electron chi connectivity index (χ2n) is 15.6. The Morgan fingerprint density at radius 1 is 1.07 bits per heavy atom. The molecule has 0 bridgehead atoms.